The molecule has 0 spiro atoms. The molecule has 1 atom stereocenters. The predicted octanol–water partition coefficient (Wildman–Crippen LogP) is 3.32. The minimum Gasteiger partial charge on any atom is -0.493 e. The number of imide groups is 1. The van der Waals surface area contributed by atoms with Crippen LogP contribution in [0.4, 0.5) is 10.1 Å². The number of amides is 3. The summed E-state index contributed by atoms with van der Waals surface area (Å²) in [5.41, 5.74) is 2.90. The van der Waals surface area contributed by atoms with E-state index >= 15 is 0 Å². The summed E-state index contributed by atoms with van der Waals surface area (Å²) in [5.74, 6) is 0.508. The van der Waals surface area contributed by atoms with Gasteiger partial charge in [0.1, 0.15) is 22.8 Å². The number of H-pyrrole nitrogens is 1. The summed E-state index contributed by atoms with van der Waals surface area (Å²) in [6.45, 7) is 4.53. The van der Waals surface area contributed by atoms with Gasteiger partial charge in [-0.2, -0.15) is 11.8 Å². The highest BCUT2D eigenvalue weighted by Crippen LogP contribution is 2.30. The first-order valence-corrected chi connectivity index (χ1v) is 18.1. The number of ether oxygens (including phenoxy) is 2. The van der Waals surface area contributed by atoms with Gasteiger partial charge in [0.2, 0.25) is 17.7 Å². The fourth-order valence-electron chi connectivity index (χ4n) is 7.07. The maximum absolute atomic E-state index is 15.0. The Hall–Kier alpha value is -4.01. The Kier molecular flexibility index (Phi) is 10.1. The van der Waals surface area contributed by atoms with E-state index in [0.29, 0.717) is 68.2 Å². The van der Waals surface area contributed by atoms with Crippen LogP contribution in [-0.4, -0.2) is 88.2 Å². The summed E-state index contributed by atoms with van der Waals surface area (Å²) in [7, 11) is 0. The number of likely N-dealkylation sites (tertiary alicyclic amines) is 1. The van der Waals surface area contributed by atoms with Gasteiger partial charge in [0, 0.05) is 68.9 Å². The van der Waals surface area contributed by atoms with Crippen LogP contribution in [0.2, 0.25) is 0 Å². The van der Waals surface area contributed by atoms with E-state index in [9.17, 15) is 23.6 Å². The molecule has 5 heterocycles. The first kappa shape index (κ1) is 33.5. The van der Waals surface area contributed by atoms with Gasteiger partial charge in [0.25, 0.3) is 5.56 Å². The SMILES string of the molecule is O=C1CCC(N2Cc3ccc(NCC(=O)N4CCC(COc5cc(F)c6c(=O)[nH]c(CSC7CCOCC7)nc6c5)CC4)cc3C2)C(=O)N1. The first-order chi connectivity index (χ1) is 23.8. The molecule has 49 heavy (non-hydrogen) atoms. The van der Waals surface area contributed by atoms with Gasteiger partial charge in [-0.15, -0.1) is 0 Å². The molecule has 2 aromatic carbocycles. The number of rotatable bonds is 10. The average molecular weight is 693 g/mol. The second-order valence-corrected chi connectivity index (χ2v) is 14.6. The number of fused-ring (bicyclic) bond motifs is 2. The van der Waals surface area contributed by atoms with Crippen LogP contribution in [0.3, 0.4) is 0 Å². The Morgan fingerprint density at radius 3 is 2.63 bits per heavy atom. The molecule has 4 aliphatic heterocycles. The maximum atomic E-state index is 15.0. The fourth-order valence-corrected chi connectivity index (χ4v) is 8.13. The normalized spacial score (nSPS) is 20.8. The van der Waals surface area contributed by atoms with Crippen LogP contribution in [0.5, 0.6) is 5.75 Å². The highest BCUT2D eigenvalue weighted by molar-refractivity contribution is 7.99. The summed E-state index contributed by atoms with van der Waals surface area (Å²) in [5, 5.41) is 6.08. The predicted molar refractivity (Wildman–Crippen MR) is 183 cm³/mol. The van der Waals surface area contributed by atoms with E-state index in [1.54, 1.807) is 17.8 Å². The zero-order valence-electron chi connectivity index (χ0n) is 27.3. The summed E-state index contributed by atoms with van der Waals surface area (Å²) in [6, 6.07) is 8.58. The largest absolute Gasteiger partial charge is 0.493 e. The van der Waals surface area contributed by atoms with Crippen molar-refractivity contribution in [3.8, 4) is 5.75 Å². The molecule has 7 rings (SSSR count). The molecule has 4 aliphatic rings. The van der Waals surface area contributed by atoms with Crippen molar-refractivity contribution in [3.05, 3.63) is 63.5 Å². The number of aromatic nitrogens is 2. The molecule has 3 aromatic rings. The van der Waals surface area contributed by atoms with E-state index < -0.39 is 11.4 Å². The van der Waals surface area contributed by atoms with Crippen LogP contribution in [0.15, 0.2) is 35.1 Å². The molecule has 3 amide bonds. The lowest BCUT2D eigenvalue weighted by Crippen LogP contribution is -2.50. The van der Waals surface area contributed by atoms with Gasteiger partial charge >= 0.3 is 0 Å². The Morgan fingerprint density at radius 1 is 1.04 bits per heavy atom. The van der Waals surface area contributed by atoms with Crippen molar-refractivity contribution in [3.63, 3.8) is 0 Å². The topological polar surface area (TPSA) is 146 Å². The first-order valence-electron chi connectivity index (χ1n) is 17.0. The number of anilines is 1. The summed E-state index contributed by atoms with van der Waals surface area (Å²) in [6.07, 6.45) is 4.34. The molecule has 3 fully saturated rings. The number of halogens is 1. The third-order valence-corrected chi connectivity index (χ3v) is 11.3. The van der Waals surface area contributed by atoms with E-state index in [1.165, 1.54) is 6.07 Å². The molecule has 3 saturated heterocycles. The van der Waals surface area contributed by atoms with E-state index in [0.717, 1.165) is 55.7 Å². The number of carbonyl (C=O) groups excluding carboxylic acids is 3. The van der Waals surface area contributed by atoms with Crippen LogP contribution in [0.25, 0.3) is 10.9 Å². The smallest absolute Gasteiger partial charge is 0.261 e. The van der Waals surface area contributed by atoms with E-state index in [-0.39, 0.29) is 47.1 Å². The van der Waals surface area contributed by atoms with Crippen molar-refractivity contribution in [2.24, 2.45) is 5.92 Å². The number of thioether (sulfide) groups is 1. The Morgan fingerprint density at radius 2 is 1.84 bits per heavy atom. The lowest BCUT2D eigenvalue weighted by atomic mass is 9.97. The second kappa shape index (κ2) is 14.9. The standard InChI is InChI=1S/C35H41FN6O6S/c36-27-14-25(15-28-33(27)35(46)39-30(38-28)20-49-26-7-11-47-12-8-26)48-19-21-5-9-41(10-6-21)32(44)16-37-24-2-1-22-17-42(18-23(22)13-24)29-3-4-31(43)40-34(29)45/h1-2,13-15,21,26,29,37H,3-12,16-20H2,(H,38,39,46)(H,40,43,45). The van der Waals surface area contributed by atoms with E-state index in [4.69, 9.17) is 9.47 Å². The number of hydrogen-bond donors (Lipinski definition) is 3. The lowest BCUT2D eigenvalue weighted by Gasteiger charge is -2.32. The number of nitrogens with zero attached hydrogens (tertiary/aromatic N) is 3. The Bertz CT molecular complexity index is 1790. The molecule has 14 heteroatoms. The highest BCUT2D eigenvalue weighted by Gasteiger charge is 2.35. The van der Waals surface area contributed by atoms with Gasteiger partial charge in [-0.05, 0) is 61.3 Å². The quantitative estimate of drug-likeness (QED) is 0.271. The minimum absolute atomic E-state index is 0.0173. The fraction of sp³-hybridized carbons (Fsp3) is 0.514. The monoisotopic (exact) mass is 692 g/mol. The Labute approximate surface area is 287 Å². The van der Waals surface area contributed by atoms with Crippen LogP contribution in [0, 0.1) is 11.7 Å². The molecule has 0 saturated carbocycles. The molecule has 260 valence electrons. The van der Waals surface area contributed by atoms with Crippen LogP contribution < -0.4 is 20.9 Å². The van der Waals surface area contributed by atoms with Crippen LogP contribution >= 0.6 is 11.8 Å². The van der Waals surface area contributed by atoms with Crippen molar-refractivity contribution < 1.29 is 28.2 Å². The Balaban J connectivity index is 0.868. The van der Waals surface area contributed by atoms with Crippen molar-refractivity contribution in [1.29, 1.82) is 0 Å². The van der Waals surface area contributed by atoms with Crippen molar-refractivity contribution in [2.45, 2.75) is 68.7 Å². The van der Waals surface area contributed by atoms with Crippen LogP contribution in [0.1, 0.15) is 55.5 Å². The van der Waals surface area contributed by atoms with Crippen LogP contribution in [-0.2, 0) is 38.0 Å². The highest BCUT2D eigenvalue weighted by atomic mass is 32.2. The van der Waals surface area contributed by atoms with Crippen molar-refractivity contribution in [1.82, 2.24) is 25.1 Å². The van der Waals surface area contributed by atoms with E-state index in [2.05, 4.69) is 25.5 Å². The lowest BCUT2D eigenvalue weighted by molar-refractivity contribution is -0.137. The maximum Gasteiger partial charge on any atom is 0.261 e. The van der Waals surface area contributed by atoms with Crippen molar-refractivity contribution in [2.75, 3.05) is 44.8 Å². The number of hydrogen-bond acceptors (Lipinski definition) is 10. The minimum atomic E-state index is -0.659. The number of carbonyl (C=O) groups is 3. The third-order valence-electron chi connectivity index (χ3n) is 9.91. The molecule has 12 nitrogen and oxygen atoms in total. The third kappa shape index (κ3) is 7.92. The van der Waals surface area contributed by atoms with Gasteiger partial charge in [-0.25, -0.2) is 9.37 Å². The molecule has 1 aromatic heterocycles. The zero-order valence-corrected chi connectivity index (χ0v) is 28.1. The van der Waals surface area contributed by atoms with Crippen molar-refractivity contribution >= 4 is 46.1 Å². The number of aromatic amines is 1. The summed E-state index contributed by atoms with van der Waals surface area (Å²) in [4.78, 5) is 60.8. The summed E-state index contributed by atoms with van der Waals surface area (Å²) < 4.78 is 26.4. The molecular weight excluding hydrogens is 651 g/mol. The van der Waals surface area contributed by atoms with Gasteiger partial charge in [-0.1, -0.05) is 6.07 Å². The number of piperidine rings is 2. The molecular formula is C35H41FN6O6S. The zero-order chi connectivity index (χ0) is 33.9. The second-order valence-electron chi connectivity index (χ2n) is 13.3. The van der Waals surface area contributed by atoms with Gasteiger partial charge in [0.05, 0.1) is 30.5 Å². The van der Waals surface area contributed by atoms with Gasteiger partial charge in [0.15, 0.2) is 0 Å². The molecule has 0 bridgehead atoms. The van der Waals surface area contributed by atoms with Gasteiger partial charge < -0.3 is 24.7 Å². The summed E-state index contributed by atoms with van der Waals surface area (Å²) >= 11 is 1.73. The molecule has 3 N–H and O–H groups in total. The average Bonchev–Trinajstić information content (AvgIpc) is 3.52. The molecule has 1 unspecified atom stereocenters. The van der Waals surface area contributed by atoms with Gasteiger partial charge in [-0.3, -0.25) is 29.4 Å². The van der Waals surface area contributed by atoms with E-state index in [1.807, 2.05) is 23.1 Å². The molecule has 0 radical (unpaired) electrons. The molecule has 0 aliphatic carbocycles. The number of benzene rings is 2. The number of nitrogens with one attached hydrogen (secondary N) is 3.